The molecule has 0 aromatic carbocycles. The van der Waals surface area contributed by atoms with Crippen molar-refractivity contribution in [3.8, 4) is 11.1 Å². The molecule has 0 saturated heterocycles. The third-order valence-electron chi connectivity index (χ3n) is 2.38. The Hall–Kier alpha value is -2.23. The summed E-state index contributed by atoms with van der Waals surface area (Å²) in [6.07, 6.45) is 3.48. The second-order valence-electron chi connectivity index (χ2n) is 3.94. The maximum Gasteiger partial charge on any atom is 0.354 e. The van der Waals surface area contributed by atoms with Crippen molar-refractivity contribution in [3.63, 3.8) is 0 Å². The van der Waals surface area contributed by atoms with Crippen LogP contribution >= 0.6 is 0 Å². The van der Waals surface area contributed by atoms with Gasteiger partial charge in [-0.1, -0.05) is 0 Å². The van der Waals surface area contributed by atoms with Crippen LogP contribution in [0, 0.1) is 13.8 Å². The third kappa shape index (κ3) is 2.47. The normalized spacial score (nSPS) is 10.2. The van der Waals surface area contributed by atoms with Crippen LogP contribution in [-0.4, -0.2) is 21.0 Å². The number of carboxylic acid groups (broad SMARTS) is 1. The molecule has 2 heterocycles. The number of pyridine rings is 2. The number of carbonyl (C=O) groups is 1. The smallest absolute Gasteiger partial charge is 0.354 e. The Labute approximate surface area is 99.0 Å². The summed E-state index contributed by atoms with van der Waals surface area (Å²) in [6.45, 7) is 3.72. The minimum Gasteiger partial charge on any atom is -0.477 e. The predicted molar refractivity (Wildman–Crippen MR) is 63.9 cm³/mol. The first-order valence-corrected chi connectivity index (χ1v) is 5.20. The van der Waals surface area contributed by atoms with E-state index in [4.69, 9.17) is 5.11 Å². The maximum atomic E-state index is 10.9. The van der Waals surface area contributed by atoms with Crippen molar-refractivity contribution >= 4 is 5.97 Å². The molecule has 0 bridgehead atoms. The van der Waals surface area contributed by atoms with Crippen molar-refractivity contribution in [1.29, 1.82) is 0 Å². The van der Waals surface area contributed by atoms with Gasteiger partial charge in [0.15, 0.2) is 0 Å². The van der Waals surface area contributed by atoms with Gasteiger partial charge in [-0.15, -0.1) is 0 Å². The fraction of sp³-hybridized carbons (Fsp3) is 0.154. The minimum absolute atomic E-state index is 0.0570. The van der Waals surface area contributed by atoms with Gasteiger partial charge in [0, 0.05) is 23.7 Å². The molecule has 0 aliphatic carbocycles. The van der Waals surface area contributed by atoms with Gasteiger partial charge in [-0.25, -0.2) is 9.78 Å². The number of hydrogen-bond donors (Lipinski definition) is 1. The zero-order valence-electron chi connectivity index (χ0n) is 9.64. The molecule has 2 aromatic heterocycles. The van der Waals surface area contributed by atoms with Crippen molar-refractivity contribution in [2.24, 2.45) is 0 Å². The van der Waals surface area contributed by atoms with Crippen LogP contribution in [0.1, 0.15) is 21.7 Å². The van der Waals surface area contributed by atoms with E-state index in [-0.39, 0.29) is 5.69 Å². The summed E-state index contributed by atoms with van der Waals surface area (Å²) < 4.78 is 0. The molecule has 86 valence electrons. The zero-order valence-corrected chi connectivity index (χ0v) is 9.64. The van der Waals surface area contributed by atoms with E-state index in [9.17, 15) is 4.79 Å². The van der Waals surface area contributed by atoms with E-state index in [1.165, 1.54) is 0 Å². The first-order valence-electron chi connectivity index (χ1n) is 5.20. The highest BCUT2D eigenvalue weighted by Gasteiger charge is 2.08. The Morgan fingerprint density at radius 2 is 1.88 bits per heavy atom. The Bertz CT molecular complexity index is 579. The number of rotatable bonds is 2. The van der Waals surface area contributed by atoms with E-state index < -0.39 is 5.97 Å². The lowest BCUT2D eigenvalue weighted by atomic mass is 10.1. The van der Waals surface area contributed by atoms with Crippen molar-refractivity contribution < 1.29 is 9.90 Å². The van der Waals surface area contributed by atoms with Gasteiger partial charge < -0.3 is 5.11 Å². The molecular formula is C13H12N2O2. The van der Waals surface area contributed by atoms with E-state index in [1.54, 1.807) is 25.4 Å². The summed E-state index contributed by atoms with van der Waals surface area (Å²) in [7, 11) is 0. The molecule has 2 aromatic rings. The van der Waals surface area contributed by atoms with Crippen LogP contribution in [0.4, 0.5) is 0 Å². The van der Waals surface area contributed by atoms with Crippen LogP contribution in [0.15, 0.2) is 30.6 Å². The number of aromatic nitrogens is 2. The van der Waals surface area contributed by atoms with E-state index >= 15 is 0 Å². The number of carboxylic acids is 1. The monoisotopic (exact) mass is 228 g/mol. The highest BCUT2D eigenvalue weighted by molar-refractivity contribution is 5.87. The van der Waals surface area contributed by atoms with Gasteiger partial charge in [-0.2, -0.15) is 0 Å². The van der Waals surface area contributed by atoms with Gasteiger partial charge in [0.05, 0.1) is 0 Å². The summed E-state index contributed by atoms with van der Waals surface area (Å²) in [4.78, 5) is 19.0. The quantitative estimate of drug-likeness (QED) is 0.857. The highest BCUT2D eigenvalue weighted by Crippen LogP contribution is 2.20. The molecule has 1 N–H and O–H groups in total. The average molecular weight is 228 g/mol. The molecule has 0 radical (unpaired) electrons. The molecule has 0 aliphatic rings. The molecule has 0 atom stereocenters. The Morgan fingerprint density at radius 1 is 1.12 bits per heavy atom. The Balaban J connectivity index is 2.56. The lowest BCUT2D eigenvalue weighted by Crippen LogP contribution is -2.02. The first kappa shape index (κ1) is 11.3. The van der Waals surface area contributed by atoms with Crippen LogP contribution in [0.3, 0.4) is 0 Å². The SMILES string of the molecule is Cc1cncc(-c2cc(C)nc(C(=O)O)c2)c1. The predicted octanol–water partition coefficient (Wildman–Crippen LogP) is 2.46. The summed E-state index contributed by atoms with van der Waals surface area (Å²) in [5.41, 5.74) is 3.50. The maximum absolute atomic E-state index is 10.9. The van der Waals surface area contributed by atoms with Gasteiger partial charge >= 0.3 is 5.97 Å². The third-order valence-corrected chi connectivity index (χ3v) is 2.38. The van der Waals surface area contributed by atoms with E-state index in [2.05, 4.69) is 9.97 Å². The largest absolute Gasteiger partial charge is 0.477 e. The standard InChI is InChI=1S/C13H12N2O2/c1-8-3-11(7-14-6-8)10-4-9(2)15-12(5-10)13(16)17/h3-7H,1-2H3,(H,16,17). The second kappa shape index (κ2) is 4.33. The van der Waals surface area contributed by atoms with Gasteiger partial charge in [-0.3, -0.25) is 4.98 Å². The molecule has 4 nitrogen and oxygen atoms in total. The van der Waals surface area contributed by atoms with E-state index in [0.29, 0.717) is 5.69 Å². The van der Waals surface area contributed by atoms with Crippen LogP contribution in [0.5, 0.6) is 0 Å². The lowest BCUT2D eigenvalue weighted by Gasteiger charge is -2.05. The summed E-state index contributed by atoms with van der Waals surface area (Å²) in [6, 6.07) is 5.38. The molecule has 2 rings (SSSR count). The van der Waals surface area contributed by atoms with E-state index in [0.717, 1.165) is 16.7 Å². The summed E-state index contributed by atoms with van der Waals surface area (Å²) in [5, 5.41) is 8.96. The summed E-state index contributed by atoms with van der Waals surface area (Å²) in [5.74, 6) is -1.02. The Morgan fingerprint density at radius 3 is 2.53 bits per heavy atom. The minimum atomic E-state index is -1.02. The topological polar surface area (TPSA) is 63.1 Å². The molecule has 0 spiro atoms. The van der Waals surface area contributed by atoms with Crippen LogP contribution < -0.4 is 0 Å². The van der Waals surface area contributed by atoms with Crippen molar-refractivity contribution in [2.45, 2.75) is 13.8 Å². The van der Waals surface area contributed by atoms with Gasteiger partial charge in [0.1, 0.15) is 5.69 Å². The van der Waals surface area contributed by atoms with Crippen LogP contribution in [-0.2, 0) is 0 Å². The van der Waals surface area contributed by atoms with Gasteiger partial charge in [0.25, 0.3) is 0 Å². The molecule has 17 heavy (non-hydrogen) atoms. The molecular weight excluding hydrogens is 216 g/mol. The molecule has 0 aliphatic heterocycles. The first-order chi connectivity index (χ1) is 8.06. The fourth-order valence-corrected chi connectivity index (χ4v) is 1.66. The second-order valence-corrected chi connectivity index (χ2v) is 3.94. The van der Waals surface area contributed by atoms with Crippen LogP contribution in [0.2, 0.25) is 0 Å². The number of nitrogens with zero attached hydrogens (tertiary/aromatic N) is 2. The molecule has 4 heteroatoms. The van der Waals surface area contributed by atoms with Crippen molar-refractivity contribution in [1.82, 2.24) is 9.97 Å². The van der Waals surface area contributed by atoms with Gasteiger partial charge in [0.2, 0.25) is 0 Å². The number of hydrogen-bond acceptors (Lipinski definition) is 3. The van der Waals surface area contributed by atoms with Crippen LogP contribution in [0.25, 0.3) is 11.1 Å². The van der Waals surface area contributed by atoms with E-state index in [1.807, 2.05) is 19.1 Å². The molecule has 0 saturated carbocycles. The average Bonchev–Trinajstić information content (AvgIpc) is 2.28. The molecule has 0 amide bonds. The number of aryl methyl sites for hydroxylation is 2. The fourth-order valence-electron chi connectivity index (χ4n) is 1.66. The molecule has 0 fully saturated rings. The number of aromatic carboxylic acids is 1. The zero-order chi connectivity index (χ0) is 12.4. The summed E-state index contributed by atoms with van der Waals surface area (Å²) >= 11 is 0. The lowest BCUT2D eigenvalue weighted by molar-refractivity contribution is 0.0690. The Kier molecular flexibility index (Phi) is 2.87. The van der Waals surface area contributed by atoms with Gasteiger partial charge in [-0.05, 0) is 43.2 Å². The highest BCUT2D eigenvalue weighted by atomic mass is 16.4. The van der Waals surface area contributed by atoms with Crippen molar-refractivity contribution in [3.05, 3.63) is 47.5 Å². The molecule has 0 unspecified atom stereocenters. The van der Waals surface area contributed by atoms with Crippen molar-refractivity contribution in [2.75, 3.05) is 0 Å².